The van der Waals surface area contributed by atoms with Gasteiger partial charge in [-0.2, -0.15) is 0 Å². The van der Waals surface area contributed by atoms with E-state index in [0.29, 0.717) is 5.92 Å². The van der Waals surface area contributed by atoms with Crippen molar-refractivity contribution in [1.82, 2.24) is 4.98 Å². The molecule has 1 N–H and O–H groups in total. The molecule has 98 valence electrons. The molecule has 0 radical (unpaired) electrons. The number of unbranched alkanes of at least 4 members (excludes halogenated alkanes) is 4. The lowest BCUT2D eigenvalue weighted by atomic mass is 9.92. The van der Waals surface area contributed by atoms with Crippen LogP contribution in [-0.4, -0.2) is 10.1 Å². The predicted molar refractivity (Wildman–Crippen MR) is 74.2 cm³/mol. The van der Waals surface area contributed by atoms with Crippen molar-refractivity contribution in [2.75, 3.05) is 0 Å². The van der Waals surface area contributed by atoms with Crippen LogP contribution in [0.5, 0.6) is 0 Å². The van der Waals surface area contributed by atoms with Gasteiger partial charge in [-0.15, -0.1) is 11.3 Å². The largest absolute Gasteiger partial charge is 0.387 e. The molecule has 1 heterocycles. The van der Waals surface area contributed by atoms with E-state index < -0.39 is 0 Å². The maximum atomic E-state index is 10.2. The fourth-order valence-electron chi connectivity index (χ4n) is 2.20. The summed E-state index contributed by atoms with van der Waals surface area (Å²) in [6.07, 6.45) is 10.2. The van der Waals surface area contributed by atoms with Gasteiger partial charge in [0.05, 0.1) is 16.5 Å². The fraction of sp³-hybridized carbons (Fsp3) is 0.786. The number of thiazole rings is 1. The number of nitrogens with zero attached hydrogens (tertiary/aromatic N) is 1. The minimum absolute atomic E-state index is 0.307. The second-order valence-corrected chi connectivity index (χ2v) is 5.64. The summed E-state index contributed by atoms with van der Waals surface area (Å²) in [6.45, 7) is 4.41. The zero-order valence-electron chi connectivity index (χ0n) is 11.1. The maximum absolute atomic E-state index is 10.2. The van der Waals surface area contributed by atoms with Crippen LogP contribution in [0.25, 0.3) is 0 Å². The number of aromatic nitrogens is 1. The lowest BCUT2D eigenvalue weighted by Gasteiger charge is -2.20. The normalized spacial score (nSPS) is 14.8. The molecule has 2 atom stereocenters. The summed E-state index contributed by atoms with van der Waals surface area (Å²) < 4.78 is 0. The summed E-state index contributed by atoms with van der Waals surface area (Å²) in [6, 6.07) is 0. The van der Waals surface area contributed by atoms with Crippen molar-refractivity contribution in [1.29, 1.82) is 0 Å². The van der Waals surface area contributed by atoms with Gasteiger partial charge in [-0.3, -0.25) is 4.98 Å². The second kappa shape index (κ2) is 8.65. The van der Waals surface area contributed by atoms with Crippen LogP contribution in [0.2, 0.25) is 0 Å². The molecule has 0 spiro atoms. The van der Waals surface area contributed by atoms with Crippen molar-refractivity contribution < 1.29 is 5.11 Å². The zero-order valence-corrected chi connectivity index (χ0v) is 11.9. The first kappa shape index (κ1) is 14.7. The molecule has 1 aromatic rings. The van der Waals surface area contributed by atoms with Gasteiger partial charge in [-0.1, -0.05) is 52.4 Å². The van der Waals surface area contributed by atoms with Gasteiger partial charge in [0, 0.05) is 6.20 Å². The van der Waals surface area contributed by atoms with Crippen LogP contribution in [0, 0.1) is 5.92 Å². The van der Waals surface area contributed by atoms with E-state index >= 15 is 0 Å². The highest BCUT2D eigenvalue weighted by atomic mass is 32.1. The van der Waals surface area contributed by atoms with E-state index in [1.807, 2.05) is 0 Å². The first-order valence-corrected chi connectivity index (χ1v) is 7.74. The van der Waals surface area contributed by atoms with Gasteiger partial charge in [-0.25, -0.2) is 0 Å². The second-order valence-electron chi connectivity index (χ2n) is 4.72. The Kier molecular flexibility index (Phi) is 7.45. The average Bonchev–Trinajstić information content (AvgIpc) is 2.87. The first-order valence-electron chi connectivity index (χ1n) is 6.86. The highest BCUT2D eigenvalue weighted by molar-refractivity contribution is 7.09. The summed E-state index contributed by atoms with van der Waals surface area (Å²) in [5, 5.41) is 10.2. The van der Waals surface area contributed by atoms with Gasteiger partial charge < -0.3 is 5.11 Å². The van der Waals surface area contributed by atoms with E-state index in [1.54, 1.807) is 23.0 Å². The van der Waals surface area contributed by atoms with Crippen LogP contribution < -0.4 is 0 Å². The number of hydrogen-bond acceptors (Lipinski definition) is 3. The summed E-state index contributed by atoms with van der Waals surface area (Å²) in [4.78, 5) is 5.06. The lowest BCUT2D eigenvalue weighted by Crippen LogP contribution is -2.10. The molecule has 2 unspecified atom stereocenters. The quantitative estimate of drug-likeness (QED) is 0.656. The van der Waals surface area contributed by atoms with Crippen molar-refractivity contribution >= 4 is 11.3 Å². The SMILES string of the molecule is CCCCCCCC(CC)C(O)c1cncs1. The Labute approximate surface area is 109 Å². The number of aliphatic hydroxyl groups is 1. The monoisotopic (exact) mass is 255 g/mol. The first-order chi connectivity index (χ1) is 8.29. The standard InChI is InChI=1S/C14H25NOS/c1-3-5-6-7-8-9-12(4-2)14(16)13-10-15-11-17-13/h10-12,14,16H,3-9H2,1-2H3. The molecule has 0 saturated carbocycles. The van der Waals surface area contributed by atoms with Gasteiger partial charge in [0.1, 0.15) is 0 Å². The van der Waals surface area contributed by atoms with Crippen molar-refractivity contribution in [2.24, 2.45) is 5.92 Å². The van der Waals surface area contributed by atoms with E-state index in [4.69, 9.17) is 0 Å². The van der Waals surface area contributed by atoms with E-state index in [0.717, 1.165) is 17.7 Å². The number of rotatable bonds is 9. The molecule has 0 aliphatic carbocycles. The molecule has 0 saturated heterocycles. The third-order valence-electron chi connectivity index (χ3n) is 3.39. The van der Waals surface area contributed by atoms with Crippen molar-refractivity contribution in [3.8, 4) is 0 Å². The van der Waals surface area contributed by atoms with Crippen LogP contribution >= 0.6 is 11.3 Å². The smallest absolute Gasteiger partial charge is 0.0925 e. The van der Waals surface area contributed by atoms with Gasteiger partial charge in [-0.05, 0) is 12.3 Å². The average molecular weight is 255 g/mol. The topological polar surface area (TPSA) is 33.1 Å². The molecule has 1 aromatic heterocycles. The van der Waals surface area contributed by atoms with Crippen LogP contribution in [0.1, 0.15) is 69.8 Å². The van der Waals surface area contributed by atoms with Gasteiger partial charge in [0.15, 0.2) is 0 Å². The predicted octanol–water partition coefficient (Wildman–Crippen LogP) is 4.56. The van der Waals surface area contributed by atoms with Crippen LogP contribution in [-0.2, 0) is 0 Å². The molecule has 1 rings (SSSR count). The molecule has 3 heteroatoms. The Bertz CT molecular complexity index is 274. The Hall–Kier alpha value is -0.410. The van der Waals surface area contributed by atoms with Crippen molar-refractivity contribution in [3.63, 3.8) is 0 Å². The zero-order chi connectivity index (χ0) is 12.5. The highest BCUT2D eigenvalue weighted by Crippen LogP contribution is 2.30. The third-order valence-corrected chi connectivity index (χ3v) is 4.24. The molecule has 17 heavy (non-hydrogen) atoms. The van der Waals surface area contributed by atoms with Crippen LogP contribution in [0.3, 0.4) is 0 Å². The molecule has 0 bridgehead atoms. The molecule has 0 aromatic carbocycles. The van der Waals surface area contributed by atoms with Crippen LogP contribution in [0.4, 0.5) is 0 Å². The van der Waals surface area contributed by atoms with Gasteiger partial charge in [0.25, 0.3) is 0 Å². The molecule has 0 aliphatic rings. The minimum atomic E-state index is -0.307. The van der Waals surface area contributed by atoms with E-state index in [-0.39, 0.29) is 6.10 Å². The molecule has 0 amide bonds. The van der Waals surface area contributed by atoms with Crippen molar-refractivity contribution in [3.05, 3.63) is 16.6 Å². The summed E-state index contributed by atoms with van der Waals surface area (Å²) in [5.74, 6) is 0.400. The van der Waals surface area contributed by atoms with E-state index in [2.05, 4.69) is 18.8 Å². The third kappa shape index (κ3) is 5.17. The summed E-state index contributed by atoms with van der Waals surface area (Å²) >= 11 is 1.56. The van der Waals surface area contributed by atoms with Crippen molar-refractivity contribution in [2.45, 2.75) is 64.9 Å². The number of aliphatic hydroxyl groups excluding tert-OH is 1. The maximum Gasteiger partial charge on any atom is 0.0925 e. The molecule has 2 nitrogen and oxygen atoms in total. The van der Waals surface area contributed by atoms with Gasteiger partial charge in [0.2, 0.25) is 0 Å². The molecule has 0 fully saturated rings. The fourth-order valence-corrected chi connectivity index (χ4v) is 2.90. The minimum Gasteiger partial charge on any atom is -0.387 e. The number of hydrogen-bond donors (Lipinski definition) is 1. The molecular weight excluding hydrogens is 230 g/mol. The molecular formula is C14H25NOS. The van der Waals surface area contributed by atoms with E-state index in [9.17, 15) is 5.11 Å². The molecule has 0 aliphatic heterocycles. The highest BCUT2D eigenvalue weighted by Gasteiger charge is 2.19. The lowest BCUT2D eigenvalue weighted by molar-refractivity contribution is 0.102. The van der Waals surface area contributed by atoms with Gasteiger partial charge >= 0.3 is 0 Å². The van der Waals surface area contributed by atoms with E-state index in [1.165, 1.54) is 32.1 Å². The summed E-state index contributed by atoms with van der Waals surface area (Å²) in [5.41, 5.74) is 1.80. The summed E-state index contributed by atoms with van der Waals surface area (Å²) in [7, 11) is 0. The Balaban J connectivity index is 2.28. The van der Waals surface area contributed by atoms with Crippen LogP contribution in [0.15, 0.2) is 11.7 Å². The Morgan fingerprint density at radius 3 is 2.59 bits per heavy atom. The Morgan fingerprint density at radius 2 is 2.00 bits per heavy atom. The Morgan fingerprint density at radius 1 is 1.24 bits per heavy atom.